The third kappa shape index (κ3) is 3.58. The highest BCUT2D eigenvalue weighted by Gasteiger charge is 2.11. The molecule has 1 aromatic heterocycles. The largest absolute Gasteiger partial charge is 0.423 e. The van der Waals surface area contributed by atoms with Crippen LogP contribution in [-0.4, -0.2) is 40.1 Å². The van der Waals surface area contributed by atoms with Crippen LogP contribution < -0.4 is 4.74 Å². The summed E-state index contributed by atoms with van der Waals surface area (Å²) in [5.41, 5.74) is 2.32. The van der Waals surface area contributed by atoms with E-state index in [4.69, 9.17) is 4.74 Å². The van der Waals surface area contributed by atoms with E-state index in [2.05, 4.69) is 15.2 Å². The van der Waals surface area contributed by atoms with E-state index in [9.17, 15) is 4.79 Å². The molecule has 0 N–H and O–H groups in total. The van der Waals surface area contributed by atoms with Crippen molar-refractivity contribution in [1.29, 1.82) is 0 Å². The molecule has 0 radical (unpaired) electrons. The van der Waals surface area contributed by atoms with Crippen molar-refractivity contribution in [2.24, 2.45) is 0 Å². The number of benzene rings is 1. The number of aromatic nitrogens is 3. The Morgan fingerprint density at radius 2 is 1.86 bits per heavy atom. The third-order valence-corrected chi connectivity index (χ3v) is 3.19. The van der Waals surface area contributed by atoms with Crippen molar-refractivity contribution >= 4 is 5.91 Å². The van der Waals surface area contributed by atoms with Gasteiger partial charge < -0.3 is 9.64 Å². The molecule has 0 saturated carbocycles. The molecule has 1 heterocycles. The highest BCUT2D eigenvalue weighted by molar-refractivity contribution is 5.94. The Morgan fingerprint density at radius 3 is 2.50 bits per heavy atom. The Morgan fingerprint density at radius 1 is 1.14 bits per heavy atom. The number of hydrogen-bond donors (Lipinski definition) is 0. The van der Waals surface area contributed by atoms with E-state index in [1.54, 1.807) is 38.4 Å². The zero-order valence-electron chi connectivity index (χ0n) is 13.3. The van der Waals surface area contributed by atoms with Gasteiger partial charge in [0.05, 0.1) is 11.4 Å². The minimum Gasteiger partial charge on any atom is -0.423 e. The van der Waals surface area contributed by atoms with Gasteiger partial charge in [-0.15, -0.1) is 5.10 Å². The molecular formula is C16H20N4O2. The SMILES string of the molecule is CCc1nnc(Oc2cccc(C(=O)N(C)C)c2)nc1CC. The molecule has 6 heteroatoms. The minimum atomic E-state index is -0.0833. The lowest BCUT2D eigenvalue weighted by Gasteiger charge is -2.11. The molecule has 0 aliphatic carbocycles. The summed E-state index contributed by atoms with van der Waals surface area (Å²) in [6.45, 7) is 4.03. The summed E-state index contributed by atoms with van der Waals surface area (Å²) in [6.07, 6.45) is 1.56. The second-order valence-corrected chi connectivity index (χ2v) is 5.02. The Bertz CT molecular complexity index is 671. The number of rotatable bonds is 5. The van der Waals surface area contributed by atoms with Crippen LogP contribution in [-0.2, 0) is 12.8 Å². The van der Waals surface area contributed by atoms with Gasteiger partial charge in [0.25, 0.3) is 5.91 Å². The molecule has 0 unspecified atom stereocenters. The van der Waals surface area contributed by atoms with E-state index in [0.717, 1.165) is 24.2 Å². The first-order valence-electron chi connectivity index (χ1n) is 7.27. The van der Waals surface area contributed by atoms with Gasteiger partial charge in [0.2, 0.25) is 0 Å². The molecule has 22 heavy (non-hydrogen) atoms. The Hall–Kier alpha value is -2.50. The molecule has 1 amide bonds. The zero-order chi connectivity index (χ0) is 16.1. The van der Waals surface area contributed by atoms with Crippen LogP contribution in [0.5, 0.6) is 11.8 Å². The Kier molecular flexibility index (Phi) is 5.04. The van der Waals surface area contributed by atoms with Crippen molar-refractivity contribution in [2.45, 2.75) is 26.7 Å². The number of nitrogens with zero attached hydrogens (tertiary/aromatic N) is 4. The summed E-state index contributed by atoms with van der Waals surface area (Å²) in [6, 6.07) is 7.13. The molecule has 0 fully saturated rings. The lowest BCUT2D eigenvalue weighted by molar-refractivity contribution is 0.0827. The molecule has 2 rings (SSSR count). The maximum absolute atomic E-state index is 12.0. The Balaban J connectivity index is 2.24. The topological polar surface area (TPSA) is 68.2 Å². The first-order valence-corrected chi connectivity index (χ1v) is 7.27. The summed E-state index contributed by atoms with van der Waals surface area (Å²) in [5, 5.41) is 8.12. The quantitative estimate of drug-likeness (QED) is 0.848. The fourth-order valence-corrected chi connectivity index (χ4v) is 2.02. The second-order valence-electron chi connectivity index (χ2n) is 5.02. The monoisotopic (exact) mass is 300 g/mol. The maximum Gasteiger partial charge on any atom is 0.341 e. The molecule has 116 valence electrons. The number of amides is 1. The van der Waals surface area contributed by atoms with Crippen LogP contribution in [0.4, 0.5) is 0 Å². The van der Waals surface area contributed by atoms with Gasteiger partial charge in [0.1, 0.15) is 5.75 Å². The predicted molar refractivity (Wildman–Crippen MR) is 83.1 cm³/mol. The molecule has 0 aliphatic rings. The van der Waals surface area contributed by atoms with Crippen LogP contribution >= 0.6 is 0 Å². The molecule has 0 bridgehead atoms. The second kappa shape index (κ2) is 6.98. The first kappa shape index (κ1) is 15.9. The number of carbonyl (C=O) groups excluding carboxylic acids is 1. The molecule has 0 saturated heterocycles. The minimum absolute atomic E-state index is 0.0833. The zero-order valence-corrected chi connectivity index (χ0v) is 13.3. The molecule has 0 spiro atoms. The molecule has 2 aromatic rings. The third-order valence-electron chi connectivity index (χ3n) is 3.19. The van der Waals surface area contributed by atoms with Gasteiger partial charge in [-0.05, 0) is 31.0 Å². The van der Waals surface area contributed by atoms with E-state index in [-0.39, 0.29) is 11.9 Å². The normalized spacial score (nSPS) is 10.4. The fourth-order valence-electron chi connectivity index (χ4n) is 2.02. The van der Waals surface area contributed by atoms with Gasteiger partial charge in [0, 0.05) is 19.7 Å². The van der Waals surface area contributed by atoms with Gasteiger partial charge in [-0.2, -0.15) is 4.98 Å². The van der Waals surface area contributed by atoms with Crippen LogP contribution in [0.1, 0.15) is 35.6 Å². The molecule has 0 atom stereocenters. The summed E-state index contributed by atoms with van der Waals surface area (Å²) < 4.78 is 5.64. The standard InChI is InChI=1S/C16H20N4O2/c1-5-13-14(6-2)18-19-16(17-13)22-12-9-7-8-11(10-12)15(21)20(3)4/h7-10H,5-6H2,1-4H3. The van der Waals surface area contributed by atoms with Crippen LogP contribution in [0.3, 0.4) is 0 Å². The Labute approximate surface area is 130 Å². The number of carbonyl (C=O) groups is 1. The maximum atomic E-state index is 12.0. The summed E-state index contributed by atoms with van der Waals surface area (Å²) in [5.74, 6) is 0.431. The van der Waals surface area contributed by atoms with Crippen LogP contribution in [0, 0.1) is 0 Å². The van der Waals surface area contributed by atoms with Gasteiger partial charge in [0.15, 0.2) is 0 Å². The predicted octanol–water partition coefficient (Wildman–Crippen LogP) is 2.49. The lowest BCUT2D eigenvalue weighted by atomic mass is 10.2. The van der Waals surface area contributed by atoms with Crippen LogP contribution in [0.15, 0.2) is 24.3 Å². The highest BCUT2D eigenvalue weighted by atomic mass is 16.5. The van der Waals surface area contributed by atoms with Crippen LogP contribution in [0.25, 0.3) is 0 Å². The van der Waals surface area contributed by atoms with Gasteiger partial charge in [-0.25, -0.2) is 0 Å². The number of aryl methyl sites for hydroxylation is 2. The van der Waals surface area contributed by atoms with Crippen LogP contribution in [0.2, 0.25) is 0 Å². The fraction of sp³-hybridized carbons (Fsp3) is 0.375. The van der Waals surface area contributed by atoms with Crippen molar-refractivity contribution in [3.05, 3.63) is 41.2 Å². The molecule has 6 nitrogen and oxygen atoms in total. The van der Waals surface area contributed by atoms with Gasteiger partial charge in [-0.1, -0.05) is 25.0 Å². The lowest BCUT2D eigenvalue weighted by Crippen LogP contribution is -2.21. The molecule has 1 aromatic carbocycles. The van der Waals surface area contributed by atoms with Crippen molar-refractivity contribution < 1.29 is 9.53 Å². The van der Waals surface area contributed by atoms with Gasteiger partial charge in [-0.3, -0.25) is 4.79 Å². The van der Waals surface area contributed by atoms with Crippen molar-refractivity contribution in [1.82, 2.24) is 20.1 Å². The van der Waals surface area contributed by atoms with Crippen molar-refractivity contribution in [3.8, 4) is 11.8 Å². The molecule has 0 aliphatic heterocycles. The van der Waals surface area contributed by atoms with Crippen molar-refractivity contribution in [3.63, 3.8) is 0 Å². The number of hydrogen-bond acceptors (Lipinski definition) is 5. The summed E-state index contributed by atoms with van der Waals surface area (Å²) >= 11 is 0. The average Bonchev–Trinajstić information content (AvgIpc) is 2.54. The van der Waals surface area contributed by atoms with E-state index in [0.29, 0.717) is 11.3 Å². The van der Waals surface area contributed by atoms with E-state index in [1.807, 2.05) is 13.8 Å². The van der Waals surface area contributed by atoms with Crippen molar-refractivity contribution in [2.75, 3.05) is 14.1 Å². The smallest absolute Gasteiger partial charge is 0.341 e. The van der Waals surface area contributed by atoms with Gasteiger partial charge >= 0.3 is 6.01 Å². The number of ether oxygens (including phenoxy) is 1. The summed E-state index contributed by atoms with van der Waals surface area (Å²) in [7, 11) is 3.42. The van der Waals surface area contributed by atoms with E-state index >= 15 is 0 Å². The first-order chi connectivity index (χ1) is 10.5. The van der Waals surface area contributed by atoms with E-state index in [1.165, 1.54) is 4.90 Å². The average molecular weight is 300 g/mol. The highest BCUT2D eigenvalue weighted by Crippen LogP contribution is 2.20. The summed E-state index contributed by atoms with van der Waals surface area (Å²) in [4.78, 5) is 17.9. The van der Waals surface area contributed by atoms with E-state index < -0.39 is 0 Å². The molecular weight excluding hydrogens is 280 g/mol.